The van der Waals surface area contributed by atoms with Crippen molar-refractivity contribution in [1.82, 2.24) is 10.0 Å². The number of hydrazine groups is 1. The number of aliphatic hydroxyl groups is 1. The molecule has 3 aliphatic heterocycles. The second kappa shape index (κ2) is 9.20. The van der Waals surface area contributed by atoms with Crippen LogP contribution in [0.2, 0.25) is 0 Å². The van der Waals surface area contributed by atoms with Crippen LogP contribution in [0.4, 0.5) is 25.0 Å². The van der Waals surface area contributed by atoms with Gasteiger partial charge in [0, 0.05) is 24.7 Å². The molecule has 2 aromatic carbocycles. The summed E-state index contributed by atoms with van der Waals surface area (Å²) in [4.78, 5) is 15.3. The number of anilines is 2. The maximum absolute atomic E-state index is 15.2. The first-order valence-corrected chi connectivity index (χ1v) is 11.3. The van der Waals surface area contributed by atoms with E-state index in [1.165, 1.54) is 39.6 Å². The topological polar surface area (TPSA) is 71.8 Å². The quantitative estimate of drug-likeness (QED) is 0.698. The number of hydrogen-bond acceptors (Lipinski definition) is 7. The first-order valence-electron chi connectivity index (χ1n) is 11.3. The van der Waals surface area contributed by atoms with Crippen LogP contribution in [0.3, 0.4) is 0 Å². The molecule has 1 amide bonds. The van der Waals surface area contributed by atoms with Crippen molar-refractivity contribution in [2.24, 2.45) is 5.10 Å². The molecule has 2 aromatic rings. The number of halogens is 2. The number of hydrazone groups is 1. The summed E-state index contributed by atoms with van der Waals surface area (Å²) in [6.45, 7) is 2.40. The molecule has 0 saturated carbocycles. The summed E-state index contributed by atoms with van der Waals surface area (Å²) in [7, 11) is 0. The number of hydrogen-bond donors (Lipinski definition) is 1. The molecular weight excluding hydrogens is 444 g/mol. The Kier molecular flexibility index (Phi) is 5.95. The molecule has 8 nitrogen and oxygen atoms in total. The van der Waals surface area contributed by atoms with Crippen molar-refractivity contribution in [2.75, 3.05) is 42.8 Å². The molecular formula is C24H25F2N5O3. The smallest absolute Gasteiger partial charge is 0.411 e. The summed E-state index contributed by atoms with van der Waals surface area (Å²) < 4.78 is 35.0. The van der Waals surface area contributed by atoms with E-state index >= 15 is 4.39 Å². The number of ether oxygens (including phenoxy) is 1. The SMILES string of the molecule is O=C1OCCN1CN1N=CC(O)=CN1c1ccc(-c2ccc(N3CCCCC3)c(F)c2)c(F)c1. The molecule has 0 spiro atoms. The van der Waals surface area contributed by atoms with Crippen LogP contribution in [0.15, 0.2) is 53.5 Å². The van der Waals surface area contributed by atoms with E-state index in [0.717, 1.165) is 32.4 Å². The van der Waals surface area contributed by atoms with Gasteiger partial charge in [-0.3, -0.25) is 4.90 Å². The monoisotopic (exact) mass is 469 g/mol. The number of benzene rings is 2. The van der Waals surface area contributed by atoms with Gasteiger partial charge < -0.3 is 14.7 Å². The third-order valence-electron chi connectivity index (χ3n) is 6.14. The standard InChI is InChI=1S/C24H25F2N5O3/c25-21-13-18(30-15-19(32)14-27-31(30)16-29-10-11-34-24(29)33)5-6-20(21)17-4-7-23(22(26)12-17)28-8-2-1-3-9-28/h4-7,12-15,32H,1-3,8-11,16H2. The first-order chi connectivity index (χ1) is 16.5. The molecule has 0 unspecified atom stereocenters. The van der Waals surface area contributed by atoms with Gasteiger partial charge >= 0.3 is 6.09 Å². The number of nitrogens with zero attached hydrogens (tertiary/aromatic N) is 5. The van der Waals surface area contributed by atoms with Crippen molar-refractivity contribution in [3.05, 3.63) is 60.0 Å². The molecule has 10 heteroatoms. The summed E-state index contributed by atoms with van der Waals surface area (Å²) in [5.41, 5.74) is 1.62. The molecule has 0 radical (unpaired) electrons. The molecule has 2 saturated heterocycles. The molecule has 0 bridgehead atoms. The minimum absolute atomic E-state index is 0.0612. The van der Waals surface area contributed by atoms with E-state index in [4.69, 9.17) is 4.74 Å². The Balaban J connectivity index is 1.38. The van der Waals surface area contributed by atoms with E-state index < -0.39 is 11.9 Å². The van der Waals surface area contributed by atoms with E-state index in [-0.39, 0.29) is 30.4 Å². The average molecular weight is 469 g/mol. The Labute approximate surface area is 195 Å². The predicted octanol–water partition coefficient (Wildman–Crippen LogP) is 4.45. The molecule has 3 heterocycles. The second-order valence-corrected chi connectivity index (χ2v) is 8.41. The number of aliphatic hydroxyl groups excluding tert-OH is 1. The zero-order valence-electron chi connectivity index (χ0n) is 18.5. The molecule has 0 atom stereocenters. The highest BCUT2D eigenvalue weighted by molar-refractivity contribution is 5.78. The number of rotatable bonds is 5. The van der Waals surface area contributed by atoms with Gasteiger partial charge in [-0.05, 0) is 49.1 Å². The average Bonchev–Trinajstić information content (AvgIpc) is 3.25. The van der Waals surface area contributed by atoms with Crippen molar-refractivity contribution in [3.8, 4) is 11.1 Å². The van der Waals surface area contributed by atoms with E-state index in [1.54, 1.807) is 24.3 Å². The van der Waals surface area contributed by atoms with Gasteiger partial charge in [0.1, 0.15) is 24.9 Å². The van der Waals surface area contributed by atoms with Gasteiger partial charge in [0.15, 0.2) is 5.76 Å². The number of cyclic esters (lactones) is 1. The number of carbonyl (C=O) groups is 1. The Morgan fingerprint density at radius 3 is 2.53 bits per heavy atom. The fourth-order valence-electron chi connectivity index (χ4n) is 4.37. The fourth-order valence-corrected chi connectivity index (χ4v) is 4.37. The highest BCUT2D eigenvalue weighted by Crippen LogP contribution is 2.32. The predicted molar refractivity (Wildman–Crippen MR) is 124 cm³/mol. The molecule has 178 valence electrons. The lowest BCUT2D eigenvalue weighted by molar-refractivity contribution is 0.130. The third kappa shape index (κ3) is 4.35. The normalized spacial score (nSPS) is 18.4. The third-order valence-corrected chi connectivity index (χ3v) is 6.14. The lowest BCUT2D eigenvalue weighted by Crippen LogP contribution is -2.45. The molecule has 34 heavy (non-hydrogen) atoms. The minimum atomic E-state index is -0.550. The maximum atomic E-state index is 15.2. The minimum Gasteiger partial charge on any atom is -0.505 e. The van der Waals surface area contributed by atoms with Gasteiger partial charge in [-0.2, -0.15) is 10.2 Å². The van der Waals surface area contributed by atoms with E-state index in [2.05, 4.69) is 5.10 Å². The Morgan fingerprint density at radius 2 is 1.82 bits per heavy atom. The van der Waals surface area contributed by atoms with Crippen molar-refractivity contribution in [2.45, 2.75) is 19.3 Å². The van der Waals surface area contributed by atoms with Crippen LogP contribution in [0.25, 0.3) is 11.1 Å². The van der Waals surface area contributed by atoms with E-state index in [9.17, 15) is 14.3 Å². The second-order valence-electron chi connectivity index (χ2n) is 8.41. The van der Waals surface area contributed by atoms with Gasteiger partial charge in [0.25, 0.3) is 0 Å². The van der Waals surface area contributed by atoms with Gasteiger partial charge in [0.05, 0.1) is 30.3 Å². The van der Waals surface area contributed by atoms with E-state index in [1.807, 2.05) is 4.90 Å². The summed E-state index contributed by atoms with van der Waals surface area (Å²) in [5.74, 6) is -1.05. The molecule has 3 aliphatic rings. The van der Waals surface area contributed by atoms with Crippen LogP contribution in [-0.2, 0) is 4.74 Å². The Hall–Kier alpha value is -3.82. The van der Waals surface area contributed by atoms with Gasteiger partial charge in [-0.25, -0.2) is 18.6 Å². The van der Waals surface area contributed by atoms with Crippen molar-refractivity contribution < 1.29 is 23.4 Å². The molecule has 0 aromatic heterocycles. The van der Waals surface area contributed by atoms with E-state index in [0.29, 0.717) is 23.5 Å². The van der Waals surface area contributed by atoms with Crippen LogP contribution in [-0.4, -0.2) is 60.3 Å². The van der Waals surface area contributed by atoms with Crippen molar-refractivity contribution in [3.63, 3.8) is 0 Å². The highest BCUT2D eigenvalue weighted by Gasteiger charge is 2.27. The van der Waals surface area contributed by atoms with Gasteiger partial charge in [0.2, 0.25) is 0 Å². The van der Waals surface area contributed by atoms with Gasteiger partial charge in [-0.1, -0.05) is 6.07 Å². The zero-order valence-corrected chi connectivity index (χ0v) is 18.5. The highest BCUT2D eigenvalue weighted by atomic mass is 19.1. The lowest BCUT2D eigenvalue weighted by atomic mass is 10.0. The van der Waals surface area contributed by atoms with Crippen LogP contribution < -0.4 is 9.91 Å². The van der Waals surface area contributed by atoms with Gasteiger partial charge in [-0.15, -0.1) is 0 Å². The molecule has 5 rings (SSSR count). The zero-order chi connectivity index (χ0) is 23.7. The Morgan fingerprint density at radius 1 is 1.00 bits per heavy atom. The van der Waals surface area contributed by atoms with Crippen molar-refractivity contribution in [1.29, 1.82) is 0 Å². The Bertz CT molecular complexity index is 1150. The van der Waals surface area contributed by atoms with Crippen molar-refractivity contribution >= 4 is 23.7 Å². The summed E-state index contributed by atoms with van der Waals surface area (Å²) in [6, 6.07) is 9.30. The molecule has 0 aliphatic carbocycles. The summed E-state index contributed by atoms with van der Waals surface area (Å²) in [6.07, 6.45) is 5.37. The molecule has 1 N–H and O–H groups in total. The number of carbonyl (C=O) groups excluding carboxylic acids is 1. The number of amides is 1. The van der Waals surface area contributed by atoms with Crippen LogP contribution >= 0.6 is 0 Å². The summed E-state index contributed by atoms with van der Waals surface area (Å²) >= 11 is 0. The lowest BCUT2D eigenvalue weighted by Gasteiger charge is -2.35. The van der Waals surface area contributed by atoms with Crippen LogP contribution in [0.1, 0.15) is 19.3 Å². The van der Waals surface area contributed by atoms with Crippen LogP contribution in [0, 0.1) is 11.6 Å². The number of allylic oxidation sites excluding steroid dienone is 1. The largest absolute Gasteiger partial charge is 0.505 e. The fraction of sp³-hybridized carbons (Fsp3) is 0.333. The number of piperidine rings is 1. The molecule has 2 fully saturated rings. The first kappa shape index (κ1) is 22.0. The van der Waals surface area contributed by atoms with Crippen LogP contribution in [0.5, 0.6) is 0 Å². The maximum Gasteiger partial charge on any atom is 0.411 e. The summed E-state index contributed by atoms with van der Waals surface area (Å²) in [5, 5.41) is 16.9.